The number of hydrogen-bond acceptors (Lipinski definition) is 3. The number of carbonyl (C=O) groups excluding carboxylic acids is 1. The average molecular weight is 341 g/mol. The molecule has 2 bridgehead atoms. The Bertz CT molecular complexity index is 697. The molecular weight excluding hydrogens is 323 g/mol. The largest absolute Gasteiger partial charge is 0.347 e. The molecule has 1 aromatic carbocycles. The molecule has 1 N–H and O–H groups in total. The molecule has 3 aliphatic rings. The maximum absolute atomic E-state index is 13.7. The van der Waals surface area contributed by atoms with Gasteiger partial charge in [-0.05, 0) is 49.4 Å². The molecule has 1 atom stereocenters. The summed E-state index contributed by atoms with van der Waals surface area (Å²) in [5, 5.41) is 3.96. The first-order valence-electron chi connectivity index (χ1n) is 7.42. The molecule has 0 unspecified atom stereocenters. The molecule has 3 nitrogen and oxygen atoms in total. The van der Waals surface area contributed by atoms with Crippen molar-refractivity contribution in [2.45, 2.75) is 18.9 Å². The minimum atomic E-state index is -0.251. The maximum atomic E-state index is 13.7. The SMILES string of the molecule is Cl.O=C(N[C@@H]1CN2CCC1CC2)c1cc2cccc(F)c2s1. The lowest BCUT2D eigenvalue weighted by Crippen LogP contribution is -2.57. The van der Waals surface area contributed by atoms with Crippen molar-refractivity contribution in [2.75, 3.05) is 19.6 Å². The van der Waals surface area contributed by atoms with Crippen molar-refractivity contribution in [3.8, 4) is 0 Å². The first-order chi connectivity index (χ1) is 10.2. The van der Waals surface area contributed by atoms with E-state index in [2.05, 4.69) is 10.2 Å². The van der Waals surface area contributed by atoms with E-state index in [1.807, 2.05) is 6.07 Å². The Morgan fingerprint density at radius 2 is 2.09 bits per heavy atom. The zero-order valence-electron chi connectivity index (χ0n) is 12.0. The van der Waals surface area contributed by atoms with Crippen LogP contribution in [0.3, 0.4) is 0 Å². The maximum Gasteiger partial charge on any atom is 0.261 e. The van der Waals surface area contributed by atoms with Gasteiger partial charge < -0.3 is 10.2 Å². The number of halogens is 2. The van der Waals surface area contributed by atoms with Gasteiger partial charge in [-0.1, -0.05) is 12.1 Å². The van der Waals surface area contributed by atoms with Crippen LogP contribution in [0, 0.1) is 11.7 Å². The minimum Gasteiger partial charge on any atom is -0.347 e. The minimum absolute atomic E-state index is 0. The summed E-state index contributed by atoms with van der Waals surface area (Å²) >= 11 is 1.24. The van der Waals surface area contributed by atoms with Crippen LogP contribution in [0.15, 0.2) is 24.3 Å². The summed E-state index contributed by atoms with van der Waals surface area (Å²) in [5.74, 6) is 0.291. The topological polar surface area (TPSA) is 32.3 Å². The van der Waals surface area contributed by atoms with Crippen molar-refractivity contribution in [1.29, 1.82) is 0 Å². The Kier molecular flexibility index (Phi) is 4.39. The van der Waals surface area contributed by atoms with Gasteiger partial charge in [0.1, 0.15) is 5.82 Å². The lowest BCUT2D eigenvalue weighted by Gasteiger charge is -2.44. The number of benzene rings is 1. The van der Waals surface area contributed by atoms with Crippen molar-refractivity contribution in [1.82, 2.24) is 10.2 Å². The predicted molar refractivity (Wildman–Crippen MR) is 89.4 cm³/mol. The number of carbonyl (C=O) groups is 1. The van der Waals surface area contributed by atoms with Gasteiger partial charge in [-0.25, -0.2) is 4.39 Å². The molecule has 0 radical (unpaired) electrons. The molecule has 118 valence electrons. The van der Waals surface area contributed by atoms with E-state index in [0.717, 1.165) is 25.0 Å². The van der Waals surface area contributed by atoms with Crippen molar-refractivity contribution >= 4 is 39.7 Å². The Hall–Kier alpha value is -1.17. The summed E-state index contributed by atoms with van der Waals surface area (Å²) < 4.78 is 14.3. The van der Waals surface area contributed by atoms with Crippen LogP contribution in [-0.2, 0) is 0 Å². The smallest absolute Gasteiger partial charge is 0.261 e. The fraction of sp³-hybridized carbons (Fsp3) is 0.438. The molecule has 0 aliphatic carbocycles. The molecule has 1 aromatic heterocycles. The van der Waals surface area contributed by atoms with Crippen molar-refractivity contribution < 1.29 is 9.18 Å². The van der Waals surface area contributed by atoms with Crippen LogP contribution in [0.4, 0.5) is 4.39 Å². The van der Waals surface area contributed by atoms with Crippen LogP contribution < -0.4 is 5.32 Å². The van der Waals surface area contributed by atoms with E-state index >= 15 is 0 Å². The molecule has 6 heteroatoms. The molecular formula is C16H18ClFN2OS. The third kappa shape index (κ3) is 2.73. The number of amides is 1. The molecule has 2 aromatic rings. The fourth-order valence-corrected chi connectivity index (χ4v) is 4.48. The van der Waals surface area contributed by atoms with Crippen LogP contribution in [0.1, 0.15) is 22.5 Å². The van der Waals surface area contributed by atoms with E-state index in [-0.39, 0.29) is 30.2 Å². The highest BCUT2D eigenvalue weighted by Crippen LogP contribution is 2.30. The molecule has 1 amide bonds. The summed E-state index contributed by atoms with van der Waals surface area (Å²) in [5.41, 5.74) is 0. The second kappa shape index (κ2) is 6.14. The summed E-state index contributed by atoms with van der Waals surface area (Å²) in [6.07, 6.45) is 2.35. The zero-order chi connectivity index (χ0) is 14.4. The van der Waals surface area contributed by atoms with Gasteiger partial charge in [0.25, 0.3) is 5.91 Å². The monoisotopic (exact) mass is 340 g/mol. The second-order valence-corrected chi connectivity index (χ2v) is 7.04. The molecule has 5 rings (SSSR count). The molecule has 3 aliphatic heterocycles. The van der Waals surface area contributed by atoms with E-state index < -0.39 is 0 Å². The standard InChI is InChI=1S/C16H17FN2OS.ClH/c17-12-3-1-2-11-8-14(21-15(11)12)16(20)18-13-9-19-6-4-10(13)5-7-19;/h1-3,8,10,13H,4-7,9H2,(H,18,20);1H/t13-;/m1./s1. The first-order valence-corrected chi connectivity index (χ1v) is 8.23. The summed E-state index contributed by atoms with van der Waals surface area (Å²) in [7, 11) is 0. The fourth-order valence-electron chi connectivity index (χ4n) is 3.51. The third-order valence-corrected chi connectivity index (χ3v) is 5.85. The van der Waals surface area contributed by atoms with Crippen LogP contribution in [-0.4, -0.2) is 36.5 Å². The van der Waals surface area contributed by atoms with E-state index in [1.54, 1.807) is 12.1 Å². The number of nitrogens with zero attached hydrogens (tertiary/aromatic N) is 1. The summed E-state index contributed by atoms with van der Waals surface area (Å²) in [4.78, 5) is 15.4. The third-order valence-electron chi connectivity index (χ3n) is 4.69. The summed E-state index contributed by atoms with van der Waals surface area (Å²) in [6, 6.07) is 7.00. The van der Waals surface area contributed by atoms with Gasteiger partial charge in [0, 0.05) is 12.6 Å². The lowest BCUT2D eigenvalue weighted by molar-refractivity contribution is 0.0622. The number of rotatable bonds is 2. The Morgan fingerprint density at radius 1 is 1.32 bits per heavy atom. The zero-order valence-corrected chi connectivity index (χ0v) is 13.7. The molecule has 4 heterocycles. The van der Waals surface area contributed by atoms with Gasteiger partial charge in [-0.2, -0.15) is 0 Å². The van der Waals surface area contributed by atoms with E-state index in [1.165, 1.54) is 30.2 Å². The van der Waals surface area contributed by atoms with Crippen LogP contribution >= 0.6 is 23.7 Å². The highest BCUT2D eigenvalue weighted by molar-refractivity contribution is 7.20. The Morgan fingerprint density at radius 3 is 2.73 bits per heavy atom. The van der Waals surface area contributed by atoms with Crippen molar-refractivity contribution in [3.63, 3.8) is 0 Å². The predicted octanol–water partition coefficient (Wildman–Crippen LogP) is 3.29. The normalized spacial score (nSPS) is 26.7. The second-order valence-electron chi connectivity index (χ2n) is 5.99. The van der Waals surface area contributed by atoms with Gasteiger partial charge >= 0.3 is 0 Å². The number of nitrogens with one attached hydrogen (secondary N) is 1. The van der Waals surface area contributed by atoms with Crippen LogP contribution in [0.5, 0.6) is 0 Å². The van der Waals surface area contributed by atoms with Crippen molar-refractivity contribution in [3.05, 3.63) is 35.0 Å². The average Bonchev–Trinajstić information content (AvgIpc) is 2.94. The molecule has 22 heavy (non-hydrogen) atoms. The number of thiophene rings is 1. The summed E-state index contributed by atoms with van der Waals surface area (Å²) in [6.45, 7) is 3.27. The van der Waals surface area contributed by atoms with Gasteiger partial charge in [0.05, 0.1) is 9.58 Å². The quantitative estimate of drug-likeness (QED) is 0.910. The van der Waals surface area contributed by atoms with E-state index in [0.29, 0.717) is 15.5 Å². The lowest BCUT2D eigenvalue weighted by atomic mass is 9.84. The number of hydrogen-bond donors (Lipinski definition) is 1. The first kappa shape index (κ1) is 15.7. The molecule has 0 saturated carbocycles. The van der Waals surface area contributed by atoms with Crippen LogP contribution in [0.25, 0.3) is 10.1 Å². The van der Waals surface area contributed by atoms with Gasteiger partial charge in [-0.15, -0.1) is 23.7 Å². The van der Waals surface area contributed by atoms with Gasteiger partial charge in [0.2, 0.25) is 0 Å². The Balaban J connectivity index is 0.00000144. The molecule has 0 spiro atoms. The number of fused-ring (bicyclic) bond motifs is 4. The van der Waals surface area contributed by atoms with Gasteiger partial charge in [-0.3, -0.25) is 4.79 Å². The Labute approximate surface area is 138 Å². The van der Waals surface area contributed by atoms with Gasteiger partial charge in [0.15, 0.2) is 0 Å². The highest BCUT2D eigenvalue weighted by atomic mass is 35.5. The molecule has 3 fully saturated rings. The highest BCUT2D eigenvalue weighted by Gasteiger charge is 2.35. The van der Waals surface area contributed by atoms with E-state index in [9.17, 15) is 9.18 Å². The van der Waals surface area contributed by atoms with E-state index in [4.69, 9.17) is 0 Å². The number of piperidine rings is 3. The van der Waals surface area contributed by atoms with Crippen molar-refractivity contribution in [2.24, 2.45) is 5.92 Å². The van der Waals surface area contributed by atoms with Crippen LogP contribution in [0.2, 0.25) is 0 Å². The molecule has 3 saturated heterocycles.